The number of carboxylic acid groups (broad SMARTS) is 1. The predicted octanol–water partition coefficient (Wildman–Crippen LogP) is -0.275. The summed E-state index contributed by atoms with van der Waals surface area (Å²) < 4.78 is 5.08. The summed E-state index contributed by atoms with van der Waals surface area (Å²) in [5.74, 6) is -1.64. The SMILES string of the molecule is O=C(N[C@@H](Cc1ccncc1)C(=O)O)c1ccc2c(c1)B(O)OC2. The van der Waals surface area contributed by atoms with Crippen molar-refractivity contribution in [1.82, 2.24) is 10.3 Å². The van der Waals surface area contributed by atoms with Gasteiger partial charge in [0.05, 0.1) is 6.61 Å². The summed E-state index contributed by atoms with van der Waals surface area (Å²) in [6, 6.07) is 7.14. The van der Waals surface area contributed by atoms with Gasteiger partial charge < -0.3 is 20.1 Å². The third kappa shape index (κ3) is 3.45. The number of fused-ring (bicyclic) bond motifs is 1. The van der Waals surface area contributed by atoms with Crippen molar-refractivity contribution in [3.8, 4) is 0 Å². The fourth-order valence-electron chi connectivity index (χ4n) is 2.55. The molecular formula is C16H15BN2O5. The summed E-state index contributed by atoms with van der Waals surface area (Å²) in [7, 11) is -1.06. The number of aromatic nitrogens is 1. The van der Waals surface area contributed by atoms with Crippen molar-refractivity contribution in [1.29, 1.82) is 0 Å². The molecule has 1 aromatic heterocycles. The maximum atomic E-state index is 12.3. The highest BCUT2D eigenvalue weighted by Crippen LogP contribution is 2.12. The number of aliphatic carboxylic acids is 1. The van der Waals surface area contributed by atoms with Gasteiger partial charge in [-0.2, -0.15) is 0 Å². The van der Waals surface area contributed by atoms with Crippen molar-refractivity contribution < 1.29 is 24.4 Å². The molecule has 0 saturated carbocycles. The van der Waals surface area contributed by atoms with Crippen LogP contribution in [0.15, 0.2) is 42.7 Å². The molecule has 1 aromatic carbocycles. The maximum absolute atomic E-state index is 12.3. The molecule has 0 saturated heterocycles. The Morgan fingerprint density at radius 2 is 2.04 bits per heavy atom. The molecule has 0 spiro atoms. The van der Waals surface area contributed by atoms with Crippen LogP contribution in [0.2, 0.25) is 0 Å². The molecule has 24 heavy (non-hydrogen) atoms. The molecule has 0 unspecified atom stereocenters. The molecule has 1 aliphatic rings. The first-order valence-electron chi connectivity index (χ1n) is 7.39. The molecule has 7 nitrogen and oxygen atoms in total. The average Bonchev–Trinajstić information content (AvgIpc) is 2.95. The van der Waals surface area contributed by atoms with Crippen molar-refractivity contribution in [2.24, 2.45) is 0 Å². The minimum absolute atomic E-state index is 0.153. The highest BCUT2D eigenvalue weighted by molar-refractivity contribution is 6.61. The van der Waals surface area contributed by atoms with Gasteiger partial charge in [-0.25, -0.2) is 4.79 Å². The third-order valence-electron chi connectivity index (χ3n) is 3.86. The van der Waals surface area contributed by atoms with Crippen molar-refractivity contribution in [3.05, 3.63) is 59.4 Å². The van der Waals surface area contributed by atoms with Crippen LogP contribution >= 0.6 is 0 Å². The number of hydrogen-bond donors (Lipinski definition) is 3. The summed E-state index contributed by atoms with van der Waals surface area (Å²) in [5, 5.41) is 21.5. The van der Waals surface area contributed by atoms with Gasteiger partial charge in [0.25, 0.3) is 5.91 Å². The zero-order valence-electron chi connectivity index (χ0n) is 12.7. The maximum Gasteiger partial charge on any atom is 0.491 e. The highest BCUT2D eigenvalue weighted by Gasteiger charge is 2.28. The van der Waals surface area contributed by atoms with E-state index < -0.39 is 25.0 Å². The zero-order valence-corrected chi connectivity index (χ0v) is 12.7. The average molecular weight is 326 g/mol. The third-order valence-corrected chi connectivity index (χ3v) is 3.86. The number of carbonyl (C=O) groups is 2. The van der Waals surface area contributed by atoms with E-state index in [1.807, 2.05) is 0 Å². The van der Waals surface area contributed by atoms with Crippen molar-refractivity contribution >= 4 is 24.5 Å². The normalized spacial score (nSPS) is 14.1. The number of pyridine rings is 1. The Kier molecular flexibility index (Phi) is 4.59. The Morgan fingerprint density at radius 1 is 1.29 bits per heavy atom. The molecule has 3 rings (SSSR count). The van der Waals surface area contributed by atoms with Crippen LogP contribution in [0.5, 0.6) is 0 Å². The first kappa shape index (κ1) is 16.2. The number of carboxylic acids is 1. The first-order valence-corrected chi connectivity index (χ1v) is 7.39. The second kappa shape index (κ2) is 6.82. The fraction of sp³-hybridized carbons (Fsp3) is 0.188. The van der Waals surface area contributed by atoms with Crippen LogP contribution in [-0.2, 0) is 22.5 Å². The number of carbonyl (C=O) groups excluding carboxylic acids is 1. The van der Waals surface area contributed by atoms with E-state index >= 15 is 0 Å². The number of hydrogen-bond acceptors (Lipinski definition) is 5. The van der Waals surface area contributed by atoms with E-state index in [4.69, 9.17) is 4.65 Å². The van der Waals surface area contributed by atoms with Gasteiger partial charge in [0, 0.05) is 24.4 Å². The van der Waals surface area contributed by atoms with Crippen molar-refractivity contribution in [3.63, 3.8) is 0 Å². The quantitative estimate of drug-likeness (QED) is 0.653. The first-order chi connectivity index (χ1) is 11.5. The van der Waals surface area contributed by atoms with E-state index in [-0.39, 0.29) is 18.6 Å². The molecule has 8 heteroatoms. The minimum Gasteiger partial charge on any atom is -0.480 e. The Hall–Kier alpha value is -2.71. The molecule has 1 atom stereocenters. The molecule has 3 N–H and O–H groups in total. The molecule has 0 radical (unpaired) electrons. The van der Waals surface area contributed by atoms with Gasteiger partial charge in [0.1, 0.15) is 6.04 Å². The smallest absolute Gasteiger partial charge is 0.480 e. The topological polar surface area (TPSA) is 109 Å². The fourth-order valence-corrected chi connectivity index (χ4v) is 2.55. The lowest BCUT2D eigenvalue weighted by molar-refractivity contribution is -0.139. The van der Waals surface area contributed by atoms with E-state index in [2.05, 4.69) is 10.3 Å². The van der Waals surface area contributed by atoms with E-state index in [0.29, 0.717) is 5.46 Å². The number of nitrogens with zero attached hydrogens (tertiary/aromatic N) is 1. The molecule has 2 aromatic rings. The van der Waals surface area contributed by atoms with Crippen LogP contribution in [0.25, 0.3) is 0 Å². The van der Waals surface area contributed by atoms with Gasteiger partial charge in [0.2, 0.25) is 0 Å². The summed E-state index contributed by atoms with van der Waals surface area (Å²) in [4.78, 5) is 27.6. The molecule has 1 aliphatic heterocycles. The molecule has 0 fully saturated rings. The summed E-state index contributed by atoms with van der Waals surface area (Å²) in [6.45, 7) is 0.290. The lowest BCUT2D eigenvalue weighted by Crippen LogP contribution is -2.42. The minimum atomic E-state index is -1.12. The van der Waals surface area contributed by atoms with E-state index in [9.17, 15) is 19.7 Å². The van der Waals surface area contributed by atoms with Gasteiger partial charge in [-0.15, -0.1) is 0 Å². The molecule has 1 amide bonds. The second-order valence-electron chi connectivity index (χ2n) is 5.50. The molecule has 0 bridgehead atoms. The lowest BCUT2D eigenvalue weighted by atomic mass is 9.78. The Balaban J connectivity index is 1.74. The van der Waals surface area contributed by atoms with Crippen molar-refractivity contribution in [2.45, 2.75) is 19.1 Å². The molecular weight excluding hydrogens is 311 g/mol. The Labute approximate surface area is 138 Å². The highest BCUT2D eigenvalue weighted by atomic mass is 16.5. The van der Waals surface area contributed by atoms with Gasteiger partial charge in [-0.3, -0.25) is 9.78 Å². The second-order valence-corrected chi connectivity index (χ2v) is 5.50. The van der Waals surface area contributed by atoms with Gasteiger partial charge in [0.15, 0.2) is 0 Å². The van der Waals surface area contributed by atoms with E-state index in [1.165, 1.54) is 6.07 Å². The van der Waals surface area contributed by atoms with Crippen LogP contribution in [0.1, 0.15) is 21.5 Å². The van der Waals surface area contributed by atoms with Gasteiger partial charge in [-0.1, -0.05) is 6.07 Å². The van der Waals surface area contributed by atoms with Crippen LogP contribution in [0.3, 0.4) is 0 Å². The van der Waals surface area contributed by atoms with Gasteiger partial charge >= 0.3 is 13.1 Å². The number of nitrogens with one attached hydrogen (secondary N) is 1. The summed E-state index contributed by atoms with van der Waals surface area (Å²) >= 11 is 0. The molecule has 2 heterocycles. The number of amides is 1. The standard InChI is InChI=1S/C16H15BN2O5/c20-15(11-1-2-12-9-24-17(23)13(12)8-11)19-14(16(21)22)7-10-3-5-18-6-4-10/h1-6,8,14,23H,7,9H2,(H,19,20)(H,21,22)/t14-/m0/s1. The lowest BCUT2D eigenvalue weighted by Gasteiger charge is -2.15. The zero-order chi connectivity index (χ0) is 17.1. The van der Waals surface area contributed by atoms with Gasteiger partial charge in [-0.05, 0) is 40.9 Å². The monoisotopic (exact) mass is 326 g/mol. The van der Waals surface area contributed by atoms with Crippen LogP contribution in [-0.4, -0.2) is 40.2 Å². The number of rotatable bonds is 5. The van der Waals surface area contributed by atoms with Crippen LogP contribution in [0, 0.1) is 0 Å². The largest absolute Gasteiger partial charge is 0.491 e. The Morgan fingerprint density at radius 3 is 2.75 bits per heavy atom. The van der Waals surface area contributed by atoms with E-state index in [0.717, 1.165) is 11.1 Å². The predicted molar refractivity (Wildman–Crippen MR) is 85.7 cm³/mol. The summed E-state index contributed by atoms with van der Waals surface area (Å²) in [6.07, 6.45) is 3.29. The number of benzene rings is 1. The summed E-state index contributed by atoms with van der Waals surface area (Å²) in [5.41, 5.74) is 2.38. The van der Waals surface area contributed by atoms with E-state index in [1.54, 1.807) is 36.7 Å². The van der Waals surface area contributed by atoms with Crippen molar-refractivity contribution in [2.75, 3.05) is 0 Å². The van der Waals surface area contributed by atoms with Crippen LogP contribution < -0.4 is 10.8 Å². The van der Waals surface area contributed by atoms with Crippen LogP contribution in [0.4, 0.5) is 0 Å². The Bertz CT molecular complexity index is 768. The molecule has 0 aliphatic carbocycles. The molecule has 122 valence electrons.